The topological polar surface area (TPSA) is 82.6 Å². The second-order valence-corrected chi connectivity index (χ2v) is 7.97. The van der Waals surface area contributed by atoms with E-state index in [1.165, 1.54) is 0 Å². The molecule has 0 radical (unpaired) electrons. The van der Waals surface area contributed by atoms with Crippen molar-refractivity contribution in [3.8, 4) is 17.2 Å². The van der Waals surface area contributed by atoms with Crippen LogP contribution in [0.4, 0.5) is 5.69 Å². The zero-order valence-corrected chi connectivity index (χ0v) is 18.3. The van der Waals surface area contributed by atoms with Crippen molar-refractivity contribution in [3.05, 3.63) is 47.3 Å². The smallest absolute Gasteiger partial charge is 0.394 e. The van der Waals surface area contributed by atoms with Gasteiger partial charge in [0.2, 0.25) is 0 Å². The van der Waals surface area contributed by atoms with Gasteiger partial charge in [-0.25, -0.2) is 9.78 Å². The zero-order chi connectivity index (χ0) is 22.1. The average molecular weight is 418 g/mol. The minimum Gasteiger partial charge on any atom is -0.459 e. The van der Waals surface area contributed by atoms with Crippen LogP contribution >= 0.6 is 0 Å². The summed E-state index contributed by atoms with van der Waals surface area (Å²) in [7, 11) is 4.17. The van der Waals surface area contributed by atoms with Crippen LogP contribution in [0.1, 0.15) is 35.2 Å². The monoisotopic (exact) mass is 418 g/mol. The Morgan fingerprint density at radius 2 is 2.10 bits per heavy atom. The zero-order valence-electron chi connectivity index (χ0n) is 18.3. The molecule has 1 atom stereocenters. The molecule has 0 unspecified atom stereocenters. The molecule has 1 fully saturated rings. The molecule has 1 aliphatic rings. The Labute approximate surface area is 181 Å². The third-order valence-electron chi connectivity index (χ3n) is 5.90. The molecule has 1 aliphatic heterocycles. The molecular formula is C24H26N4O3. The number of benzene rings is 2. The lowest BCUT2D eigenvalue weighted by atomic mass is 9.93. The van der Waals surface area contributed by atoms with E-state index in [1.807, 2.05) is 37.3 Å². The summed E-state index contributed by atoms with van der Waals surface area (Å²) in [5.74, 6) is -0.748. The molecule has 4 rings (SSSR count). The molecule has 1 aromatic heterocycles. The Bertz CT molecular complexity index is 1160. The predicted octanol–water partition coefficient (Wildman–Crippen LogP) is 3.99. The highest BCUT2D eigenvalue weighted by Gasteiger charge is 2.32. The molecule has 2 aromatic carbocycles. The maximum Gasteiger partial charge on any atom is 0.394 e. The number of nitrogens with zero attached hydrogens (tertiary/aromatic N) is 4. The van der Waals surface area contributed by atoms with E-state index in [9.17, 15) is 10.1 Å². The molecule has 0 spiro atoms. The van der Waals surface area contributed by atoms with Gasteiger partial charge in [0.25, 0.3) is 0 Å². The molecule has 160 valence electrons. The molecule has 0 bridgehead atoms. The van der Waals surface area contributed by atoms with E-state index in [1.54, 1.807) is 6.92 Å². The number of likely N-dealkylation sites (N-methyl/N-ethyl adjacent to an activating group) is 1. The van der Waals surface area contributed by atoms with Gasteiger partial charge in [-0.15, -0.1) is 0 Å². The Kier molecular flexibility index (Phi) is 5.66. The second-order valence-electron chi connectivity index (χ2n) is 7.97. The second kappa shape index (κ2) is 8.40. The fourth-order valence-corrected chi connectivity index (χ4v) is 4.29. The first-order valence-electron chi connectivity index (χ1n) is 10.5. The van der Waals surface area contributed by atoms with Crippen molar-refractivity contribution in [2.24, 2.45) is 0 Å². The summed E-state index contributed by atoms with van der Waals surface area (Å²) in [6.45, 7) is 5.56. The first-order chi connectivity index (χ1) is 15.0. The number of anilines is 1. The molecule has 31 heavy (non-hydrogen) atoms. The first-order valence-corrected chi connectivity index (χ1v) is 10.5. The number of nitriles is 1. The Hall–Kier alpha value is -3.37. The van der Waals surface area contributed by atoms with Gasteiger partial charge in [0.15, 0.2) is 5.58 Å². The largest absolute Gasteiger partial charge is 0.459 e. The van der Waals surface area contributed by atoms with Crippen molar-refractivity contribution >= 4 is 22.8 Å². The van der Waals surface area contributed by atoms with Crippen molar-refractivity contribution in [1.29, 1.82) is 5.26 Å². The van der Waals surface area contributed by atoms with Gasteiger partial charge in [-0.3, -0.25) is 0 Å². The molecule has 7 heteroatoms. The quantitative estimate of drug-likeness (QED) is 0.579. The maximum atomic E-state index is 12.3. The molecular weight excluding hydrogens is 392 g/mol. The van der Waals surface area contributed by atoms with Crippen molar-refractivity contribution in [1.82, 2.24) is 9.88 Å². The highest BCUT2D eigenvalue weighted by Crippen LogP contribution is 2.44. The van der Waals surface area contributed by atoms with Crippen LogP contribution in [0.2, 0.25) is 0 Å². The van der Waals surface area contributed by atoms with Gasteiger partial charge in [-0.1, -0.05) is 30.3 Å². The number of hydrogen-bond donors (Lipinski definition) is 0. The summed E-state index contributed by atoms with van der Waals surface area (Å²) >= 11 is 0. The number of hydrogen-bond acceptors (Lipinski definition) is 7. The fraction of sp³-hybridized carbons (Fsp3) is 0.375. The van der Waals surface area contributed by atoms with Gasteiger partial charge in [0, 0.05) is 24.7 Å². The van der Waals surface area contributed by atoms with Gasteiger partial charge in [-0.05, 0) is 45.5 Å². The third-order valence-corrected chi connectivity index (χ3v) is 5.90. The number of carbonyl (C=O) groups excluding carboxylic acids is 1. The van der Waals surface area contributed by atoms with Crippen molar-refractivity contribution in [3.63, 3.8) is 0 Å². The van der Waals surface area contributed by atoms with Gasteiger partial charge in [0.05, 0.1) is 17.9 Å². The molecule has 0 amide bonds. The van der Waals surface area contributed by atoms with Crippen molar-refractivity contribution < 1.29 is 13.9 Å². The predicted molar refractivity (Wildman–Crippen MR) is 119 cm³/mol. The lowest BCUT2D eigenvalue weighted by molar-refractivity contribution is 0.0483. The summed E-state index contributed by atoms with van der Waals surface area (Å²) < 4.78 is 11.1. The van der Waals surface area contributed by atoms with Gasteiger partial charge in [0.1, 0.15) is 11.6 Å². The molecule has 1 saturated heterocycles. The normalized spacial score (nSPS) is 16.1. The van der Waals surface area contributed by atoms with Crippen LogP contribution < -0.4 is 4.90 Å². The molecule has 0 aliphatic carbocycles. The summed E-state index contributed by atoms with van der Waals surface area (Å²) in [5.41, 5.74) is 4.93. The molecule has 3 aromatic rings. The highest BCUT2D eigenvalue weighted by atomic mass is 16.5. The Morgan fingerprint density at radius 1 is 1.35 bits per heavy atom. The van der Waals surface area contributed by atoms with E-state index in [-0.39, 0.29) is 12.5 Å². The number of carbonyl (C=O) groups is 1. The van der Waals surface area contributed by atoms with Crippen molar-refractivity contribution in [2.45, 2.75) is 26.3 Å². The van der Waals surface area contributed by atoms with Crippen LogP contribution in [0, 0.1) is 18.3 Å². The Balaban J connectivity index is 2.01. The number of fused-ring (bicyclic) bond motifs is 1. The molecule has 2 heterocycles. The van der Waals surface area contributed by atoms with E-state index in [4.69, 9.17) is 9.15 Å². The maximum absolute atomic E-state index is 12.3. The number of rotatable bonds is 5. The van der Waals surface area contributed by atoms with Crippen LogP contribution in [0.3, 0.4) is 0 Å². The van der Waals surface area contributed by atoms with Gasteiger partial charge >= 0.3 is 11.9 Å². The number of aromatic nitrogens is 1. The standard InChI is InChI=1S/C24H26N4O3/c1-5-30-24(29)23-26-20-18(13-25)15(2)19(16-9-7-6-8-10-16)21(22(20)31-23)28-12-11-17(14-28)27(3)4/h6-10,17H,5,11-12,14H2,1-4H3/t17-/m0/s1. The van der Waals surface area contributed by atoms with Crippen LogP contribution in [-0.2, 0) is 4.74 Å². The highest BCUT2D eigenvalue weighted by molar-refractivity contribution is 6.03. The van der Waals surface area contributed by atoms with Gasteiger partial charge < -0.3 is 19.0 Å². The van der Waals surface area contributed by atoms with E-state index < -0.39 is 5.97 Å². The summed E-state index contributed by atoms with van der Waals surface area (Å²) in [5, 5.41) is 9.94. The van der Waals surface area contributed by atoms with Crippen LogP contribution in [0.25, 0.3) is 22.2 Å². The van der Waals surface area contributed by atoms with Gasteiger partial charge in [-0.2, -0.15) is 5.26 Å². The van der Waals surface area contributed by atoms with Crippen LogP contribution in [0.15, 0.2) is 34.7 Å². The summed E-state index contributed by atoms with van der Waals surface area (Å²) in [6, 6.07) is 12.7. The number of esters is 1. The van der Waals surface area contributed by atoms with E-state index in [0.717, 1.165) is 41.9 Å². The summed E-state index contributed by atoms with van der Waals surface area (Å²) in [4.78, 5) is 21.2. The minimum atomic E-state index is -0.625. The third kappa shape index (κ3) is 3.64. The number of ether oxygens (including phenoxy) is 1. The van der Waals surface area contributed by atoms with Crippen LogP contribution in [-0.4, -0.2) is 55.7 Å². The molecule has 0 saturated carbocycles. The lowest BCUT2D eigenvalue weighted by Crippen LogP contribution is -2.31. The first kappa shape index (κ1) is 20.9. The lowest BCUT2D eigenvalue weighted by Gasteiger charge is -2.25. The van der Waals surface area contributed by atoms with E-state index >= 15 is 0 Å². The van der Waals surface area contributed by atoms with E-state index in [2.05, 4.69) is 34.9 Å². The average Bonchev–Trinajstić information content (AvgIpc) is 3.42. The van der Waals surface area contributed by atoms with Crippen molar-refractivity contribution in [2.75, 3.05) is 38.7 Å². The minimum absolute atomic E-state index is 0.123. The fourth-order valence-electron chi connectivity index (χ4n) is 4.29. The summed E-state index contributed by atoms with van der Waals surface area (Å²) in [6.07, 6.45) is 1.01. The van der Waals surface area contributed by atoms with E-state index in [0.29, 0.717) is 22.7 Å². The number of oxazole rings is 1. The SMILES string of the molecule is CCOC(=O)c1nc2c(C#N)c(C)c(-c3ccccc3)c(N3CC[C@H](N(C)C)C3)c2o1. The molecule has 0 N–H and O–H groups in total. The van der Waals surface area contributed by atoms with Crippen LogP contribution in [0.5, 0.6) is 0 Å². The molecule has 7 nitrogen and oxygen atoms in total. The Morgan fingerprint density at radius 3 is 2.71 bits per heavy atom.